The molecule has 0 saturated carbocycles. The Morgan fingerprint density at radius 2 is 2.03 bits per heavy atom. The van der Waals surface area contributed by atoms with Crippen molar-refractivity contribution < 1.29 is 9.21 Å². The maximum Gasteiger partial charge on any atom is 0.230 e. The van der Waals surface area contributed by atoms with E-state index in [-0.39, 0.29) is 17.7 Å². The van der Waals surface area contributed by atoms with Gasteiger partial charge in [0.1, 0.15) is 5.76 Å². The highest BCUT2D eigenvalue weighted by molar-refractivity contribution is 7.99. The molecule has 1 unspecified atom stereocenters. The second-order valence-corrected chi connectivity index (χ2v) is 8.18. The maximum absolute atomic E-state index is 12.7. The standard InChI is InChI=1S/C24H24N4O2S/c1-4-13-28-23(20-12-14-30-17(20)3)26-27-24(28)31-15-22(29)25-16(2)19-11-7-9-18-8-5-6-10-21(18)19/h4-12,14,16H,1,13,15H2,2-3H3,(H,25,29). The number of thioether (sulfide) groups is 1. The number of allylic oxidation sites excluding steroid dienone is 1. The Bertz CT molecular complexity index is 1220. The number of carbonyl (C=O) groups is 1. The minimum absolute atomic E-state index is 0.0559. The van der Waals surface area contributed by atoms with Crippen molar-refractivity contribution in [2.75, 3.05) is 5.75 Å². The van der Waals surface area contributed by atoms with E-state index in [1.807, 2.05) is 42.7 Å². The van der Waals surface area contributed by atoms with Crippen molar-refractivity contribution in [1.29, 1.82) is 0 Å². The van der Waals surface area contributed by atoms with Gasteiger partial charge in [-0.2, -0.15) is 0 Å². The third-order valence-electron chi connectivity index (χ3n) is 5.13. The van der Waals surface area contributed by atoms with Crippen LogP contribution in [-0.2, 0) is 11.3 Å². The van der Waals surface area contributed by atoms with Gasteiger partial charge in [-0.15, -0.1) is 16.8 Å². The van der Waals surface area contributed by atoms with Crippen molar-refractivity contribution in [2.45, 2.75) is 31.6 Å². The van der Waals surface area contributed by atoms with Gasteiger partial charge in [-0.3, -0.25) is 9.36 Å². The first-order chi connectivity index (χ1) is 15.1. The average Bonchev–Trinajstić information content (AvgIpc) is 3.37. The first-order valence-electron chi connectivity index (χ1n) is 10.1. The molecule has 1 amide bonds. The van der Waals surface area contributed by atoms with E-state index in [1.165, 1.54) is 11.8 Å². The molecule has 0 fully saturated rings. The number of aryl methyl sites for hydroxylation is 1. The van der Waals surface area contributed by atoms with Crippen LogP contribution < -0.4 is 5.32 Å². The average molecular weight is 433 g/mol. The number of aromatic nitrogens is 3. The molecule has 0 aliphatic rings. The SMILES string of the molecule is C=CCn1c(SCC(=O)NC(C)c2cccc3ccccc23)nnc1-c1ccoc1C. The summed E-state index contributed by atoms with van der Waals surface area (Å²) in [7, 11) is 0. The molecule has 0 spiro atoms. The molecule has 4 rings (SSSR count). The molecule has 0 saturated heterocycles. The van der Waals surface area contributed by atoms with Crippen LogP contribution in [0.1, 0.15) is 24.3 Å². The van der Waals surface area contributed by atoms with E-state index in [0.29, 0.717) is 17.5 Å². The van der Waals surface area contributed by atoms with Crippen molar-refractivity contribution in [1.82, 2.24) is 20.1 Å². The predicted molar refractivity (Wildman–Crippen MR) is 124 cm³/mol. The summed E-state index contributed by atoms with van der Waals surface area (Å²) >= 11 is 1.36. The van der Waals surface area contributed by atoms with E-state index < -0.39 is 0 Å². The summed E-state index contributed by atoms with van der Waals surface area (Å²) in [6, 6.07) is 16.1. The lowest BCUT2D eigenvalue weighted by Crippen LogP contribution is -2.28. The molecule has 2 aromatic carbocycles. The lowest BCUT2D eigenvalue weighted by Gasteiger charge is -2.16. The molecule has 1 atom stereocenters. The Balaban J connectivity index is 1.46. The third kappa shape index (κ3) is 4.41. The number of fused-ring (bicyclic) bond motifs is 1. The Labute approximate surface area is 185 Å². The molecule has 4 aromatic rings. The van der Waals surface area contributed by atoms with E-state index in [2.05, 4.69) is 46.4 Å². The molecule has 6 nitrogen and oxygen atoms in total. The van der Waals surface area contributed by atoms with E-state index in [1.54, 1.807) is 12.3 Å². The fourth-order valence-corrected chi connectivity index (χ4v) is 4.38. The fourth-order valence-electron chi connectivity index (χ4n) is 3.62. The van der Waals surface area contributed by atoms with Gasteiger partial charge in [-0.1, -0.05) is 60.3 Å². The lowest BCUT2D eigenvalue weighted by molar-refractivity contribution is -0.119. The van der Waals surface area contributed by atoms with Gasteiger partial charge in [0.15, 0.2) is 11.0 Å². The highest BCUT2D eigenvalue weighted by atomic mass is 32.2. The lowest BCUT2D eigenvalue weighted by atomic mass is 10.00. The van der Waals surface area contributed by atoms with Gasteiger partial charge in [0.25, 0.3) is 0 Å². The van der Waals surface area contributed by atoms with E-state index in [9.17, 15) is 4.79 Å². The zero-order valence-corrected chi connectivity index (χ0v) is 18.4. The number of benzene rings is 2. The highest BCUT2D eigenvalue weighted by Crippen LogP contribution is 2.28. The molecule has 0 radical (unpaired) electrons. The quantitative estimate of drug-likeness (QED) is 0.308. The van der Waals surface area contributed by atoms with E-state index in [0.717, 1.165) is 27.7 Å². The number of rotatable bonds is 8. The molecule has 0 bridgehead atoms. The first-order valence-corrected chi connectivity index (χ1v) is 11.1. The molecule has 0 aliphatic heterocycles. The maximum atomic E-state index is 12.7. The summed E-state index contributed by atoms with van der Waals surface area (Å²) in [4.78, 5) is 12.7. The second kappa shape index (κ2) is 9.22. The van der Waals surface area contributed by atoms with Crippen molar-refractivity contribution in [3.8, 4) is 11.4 Å². The van der Waals surface area contributed by atoms with Crippen LogP contribution in [0.3, 0.4) is 0 Å². The molecule has 2 aromatic heterocycles. The molecular weight excluding hydrogens is 408 g/mol. The Morgan fingerprint density at radius 1 is 1.23 bits per heavy atom. The number of amides is 1. The minimum Gasteiger partial charge on any atom is -0.469 e. The van der Waals surface area contributed by atoms with Gasteiger partial charge in [0.2, 0.25) is 5.91 Å². The summed E-state index contributed by atoms with van der Waals surface area (Å²) < 4.78 is 7.34. The molecule has 31 heavy (non-hydrogen) atoms. The van der Waals surface area contributed by atoms with Crippen LogP contribution in [0, 0.1) is 6.92 Å². The molecule has 2 heterocycles. The Kier molecular flexibility index (Phi) is 6.23. The molecular formula is C24H24N4O2S. The molecule has 158 valence electrons. The monoisotopic (exact) mass is 432 g/mol. The second-order valence-electron chi connectivity index (χ2n) is 7.24. The summed E-state index contributed by atoms with van der Waals surface area (Å²) in [5.74, 6) is 1.67. The Hall–Kier alpha value is -3.32. The summed E-state index contributed by atoms with van der Waals surface area (Å²) in [6.45, 7) is 8.26. The van der Waals surface area contributed by atoms with Crippen LogP contribution in [-0.4, -0.2) is 26.4 Å². The third-order valence-corrected chi connectivity index (χ3v) is 6.09. The summed E-state index contributed by atoms with van der Waals surface area (Å²) in [5, 5.41) is 14.7. The van der Waals surface area contributed by atoms with Gasteiger partial charge in [0.05, 0.1) is 23.6 Å². The zero-order chi connectivity index (χ0) is 21.8. The molecule has 1 N–H and O–H groups in total. The van der Waals surface area contributed by atoms with Crippen LogP contribution in [0.2, 0.25) is 0 Å². The fraction of sp³-hybridized carbons (Fsp3) is 0.208. The molecule has 7 heteroatoms. The van der Waals surface area contributed by atoms with Crippen LogP contribution in [0.5, 0.6) is 0 Å². The normalized spacial score (nSPS) is 12.1. The van der Waals surface area contributed by atoms with Crippen LogP contribution >= 0.6 is 11.8 Å². The predicted octanol–water partition coefficient (Wildman–Crippen LogP) is 5.16. The minimum atomic E-state index is -0.102. The summed E-state index contributed by atoms with van der Waals surface area (Å²) in [5.41, 5.74) is 1.99. The summed E-state index contributed by atoms with van der Waals surface area (Å²) in [6.07, 6.45) is 3.42. The van der Waals surface area contributed by atoms with Gasteiger partial charge >= 0.3 is 0 Å². The van der Waals surface area contributed by atoms with Crippen LogP contribution in [0.4, 0.5) is 0 Å². The van der Waals surface area contributed by atoms with Gasteiger partial charge in [0, 0.05) is 6.54 Å². The smallest absolute Gasteiger partial charge is 0.230 e. The largest absolute Gasteiger partial charge is 0.469 e. The van der Waals surface area contributed by atoms with Gasteiger partial charge < -0.3 is 9.73 Å². The topological polar surface area (TPSA) is 73.0 Å². The number of nitrogens with zero attached hydrogens (tertiary/aromatic N) is 3. The van der Waals surface area contributed by atoms with Crippen LogP contribution in [0.15, 0.2) is 77.0 Å². The zero-order valence-electron chi connectivity index (χ0n) is 17.5. The molecule has 0 aliphatic carbocycles. The number of nitrogens with one attached hydrogen (secondary N) is 1. The number of hydrogen-bond donors (Lipinski definition) is 1. The van der Waals surface area contributed by atoms with Crippen molar-refractivity contribution in [3.63, 3.8) is 0 Å². The van der Waals surface area contributed by atoms with Crippen molar-refractivity contribution in [3.05, 3.63) is 78.8 Å². The first kappa shape index (κ1) is 20.9. The van der Waals surface area contributed by atoms with Crippen LogP contribution in [0.25, 0.3) is 22.2 Å². The van der Waals surface area contributed by atoms with E-state index in [4.69, 9.17) is 4.42 Å². The van der Waals surface area contributed by atoms with Crippen molar-refractivity contribution in [2.24, 2.45) is 0 Å². The van der Waals surface area contributed by atoms with Gasteiger partial charge in [-0.25, -0.2) is 0 Å². The number of hydrogen-bond acceptors (Lipinski definition) is 5. The Morgan fingerprint density at radius 3 is 2.81 bits per heavy atom. The number of furan rings is 1. The van der Waals surface area contributed by atoms with Crippen molar-refractivity contribution >= 4 is 28.4 Å². The van der Waals surface area contributed by atoms with E-state index >= 15 is 0 Å². The number of carbonyl (C=O) groups excluding carboxylic acids is 1. The highest BCUT2D eigenvalue weighted by Gasteiger charge is 2.18. The van der Waals surface area contributed by atoms with Gasteiger partial charge in [-0.05, 0) is 36.2 Å².